The van der Waals surface area contributed by atoms with Crippen molar-refractivity contribution in [2.24, 2.45) is 0 Å². The number of aliphatic hydroxyl groups is 1. The Kier molecular flexibility index (Phi) is 5.71. The van der Waals surface area contributed by atoms with E-state index >= 15 is 0 Å². The maximum atomic E-state index is 10.3. The first-order chi connectivity index (χ1) is 9.33. The predicted molar refractivity (Wildman–Crippen MR) is 81.6 cm³/mol. The normalized spacial score (nSPS) is 15.1. The SMILES string of the molecule is CCCCCCCCC(O)c1cccc2c1NCC2. The van der Waals surface area contributed by atoms with Crippen LogP contribution < -0.4 is 5.32 Å². The highest BCUT2D eigenvalue weighted by atomic mass is 16.3. The van der Waals surface area contributed by atoms with E-state index in [-0.39, 0.29) is 6.10 Å². The molecule has 106 valence electrons. The molecule has 0 aliphatic carbocycles. The number of unbranched alkanes of at least 4 members (excludes halogenated alkanes) is 5. The Morgan fingerprint density at radius 2 is 1.95 bits per heavy atom. The van der Waals surface area contributed by atoms with Crippen LogP contribution in [-0.4, -0.2) is 11.7 Å². The van der Waals surface area contributed by atoms with E-state index in [0.29, 0.717) is 0 Å². The largest absolute Gasteiger partial charge is 0.388 e. The standard InChI is InChI=1S/C17H27NO/c1-2-3-4-5-6-7-11-16(19)15-10-8-9-14-12-13-18-17(14)15/h8-10,16,18-19H,2-7,11-13H2,1H3. The molecule has 0 fully saturated rings. The molecular weight excluding hydrogens is 234 g/mol. The van der Waals surface area contributed by atoms with Crippen LogP contribution in [0.15, 0.2) is 18.2 Å². The third-order valence-corrected chi connectivity index (χ3v) is 4.07. The van der Waals surface area contributed by atoms with Crippen LogP contribution in [0.25, 0.3) is 0 Å². The van der Waals surface area contributed by atoms with E-state index in [9.17, 15) is 5.11 Å². The summed E-state index contributed by atoms with van der Waals surface area (Å²) in [5.74, 6) is 0. The Morgan fingerprint density at radius 3 is 2.79 bits per heavy atom. The molecular formula is C17H27NO. The van der Waals surface area contributed by atoms with Gasteiger partial charge < -0.3 is 10.4 Å². The second-order valence-electron chi connectivity index (χ2n) is 5.63. The van der Waals surface area contributed by atoms with E-state index < -0.39 is 0 Å². The molecule has 0 radical (unpaired) electrons. The number of hydrogen-bond donors (Lipinski definition) is 2. The molecule has 1 unspecified atom stereocenters. The molecule has 2 heteroatoms. The summed E-state index contributed by atoms with van der Waals surface area (Å²) in [6.07, 6.45) is 9.36. The lowest BCUT2D eigenvalue weighted by Crippen LogP contribution is -2.02. The second-order valence-corrected chi connectivity index (χ2v) is 5.63. The molecule has 2 nitrogen and oxygen atoms in total. The van der Waals surface area contributed by atoms with Crippen molar-refractivity contribution in [2.75, 3.05) is 11.9 Å². The zero-order valence-electron chi connectivity index (χ0n) is 12.1. The summed E-state index contributed by atoms with van der Waals surface area (Å²) in [6.45, 7) is 3.25. The second kappa shape index (κ2) is 7.54. The van der Waals surface area contributed by atoms with Gasteiger partial charge in [0.2, 0.25) is 0 Å². The van der Waals surface area contributed by atoms with Crippen LogP contribution in [-0.2, 0) is 6.42 Å². The lowest BCUT2D eigenvalue weighted by Gasteiger charge is -2.15. The fraction of sp³-hybridized carbons (Fsp3) is 0.647. The molecule has 0 bridgehead atoms. The predicted octanol–water partition coefficient (Wildman–Crippen LogP) is 4.44. The van der Waals surface area contributed by atoms with Crippen LogP contribution in [0.5, 0.6) is 0 Å². The zero-order valence-corrected chi connectivity index (χ0v) is 12.1. The van der Waals surface area contributed by atoms with Crippen molar-refractivity contribution in [2.45, 2.75) is 64.4 Å². The monoisotopic (exact) mass is 261 g/mol. The number of para-hydroxylation sites is 1. The Hall–Kier alpha value is -1.02. The number of hydrogen-bond acceptors (Lipinski definition) is 2. The van der Waals surface area contributed by atoms with E-state index in [1.165, 1.54) is 43.4 Å². The van der Waals surface area contributed by atoms with Gasteiger partial charge in [0.1, 0.15) is 0 Å². The summed E-state index contributed by atoms with van der Waals surface area (Å²) >= 11 is 0. The summed E-state index contributed by atoms with van der Waals surface area (Å²) in [4.78, 5) is 0. The van der Waals surface area contributed by atoms with E-state index in [1.807, 2.05) is 0 Å². The number of benzene rings is 1. The highest BCUT2D eigenvalue weighted by Crippen LogP contribution is 2.32. The molecule has 1 aliphatic heterocycles. The summed E-state index contributed by atoms with van der Waals surface area (Å²) in [6, 6.07) is 6.31. The summed E-state index contributed by atoms with van der Waals surface area (Å²) in [7, 11) is 0. The number of aliphatic hydroxyl groups excluding tert-OH is 1. The minimum atomic E-state index is -0.299. The topological polar surface area (TPSA) is 32.3 Å². The Labute approximate surface area is 117 Å². The first-order valence-corrected chi connectivity index (χ1v) is 7.86. The highest BCUT2D eigenvalue weighted by Gasteiger charge is 2.18. The highest BCUT2D eigenvalue weighted by molar-refractivity contribution is 5.61. The summed E-state index contributed by atoms with van der Waals surface area (Å²) < 4.78 is 0. The first kappa shape index (κ1) is 14.4. The van der Waals surface area contributed by atoms with Crippen LogP contribution in [0, 0.1) is 0 Å². The molecule has 1 heterocycles. The van der Waals surface area contributed by atoms with Gasteiger partial charge in [0.05, 0.1) is 6.10 Å². The Balaban J connectivity index is 1.77. The molecule has 0 amide bonds. The van der Waals surface area contributed by atoms with E-state index in [4.69, 9.17) is 0 Å². The molecule has 0 saturated heterocycles. The number of fused-ring (bicyclic) bond motifs is 1. The van der Waals surface area contributed by atoms with E-state index in [1.54, 1.807) is 0 Å². The number of nitrogens with one attached hydrogen (secondary N) is 1. The van der Waals surface area contributed by atoms with Crippen molar-refractivity contribution in [3.05, 3.63) is 29.3 Å². The lowest BCUT2D eigenvalue weighted by molar-refractivity contribution is 0.164. The Morgan fingerprint density at radius 1 is 1.16 bits per heavy atom. The van der Waals surface area contributed by atoms with Gasteiger partial charge in [-0.2, -0.15) is 0 Å². The molecule has 1 aromatic rings. The van der Waals surface area contributed by atoms with Gasteiger partial charge in [-0.3, -0.25) is 0 Å². The number of rotatable bonds is 8. The van der Waals surface area contributed by atoms with Gasteiger partial charge >= 0.3 is 0 Å². The minimum Gasteiger partial charge on any atom is -0.388 e. The molecule has 1 aromatic carbocycles. The van der Waals surface area contributed by atoms with Crippen molar-refractivity contribution in [3.8, 4) is 0 Å². The van der Waals surface area contributed by atoms with Gasteiger partial charge in [-0.25, -0.2) is 0 Å². The molecule has 19 heavy (non-hydrogen) atoms. The molecule has 1 aliphatic rings. The lowest BCUT2D eigenvalue weighted by atomic mass is 9.98. The van der Waals surface area contributed by atoms with Crippen molar-refractivity contribution < 1.29 is 5.11 Å². The summed E-state index contributed by atoms with van der Waals surface area (Å²) in [5, 5.41) is 13.8. The van der Waals surface area contributed by atoms with Gasteiger partial charge in [0.15, 0.2) is 0 Å². The van der Waals surface area contributed by atoms with E-state index in [2.05, 4.69) is 30.4 Å². The number of anilines is 1. The fourth-order valence-electron chi connectivity index (χ4n) is 2.92. The maximum Gasteiger partial charge on any atom is 0.0810 e. The molecule has 2 N–H and O–H groups in total. The minimum absolute atomic E-state index is 0.299. The quantitative estimate of drug-likeness (QED) is 0.678. The molecule has 0 spiro atoms. The van der Waals surface area contributed by atoms with Crippen LogP contribution in [0.1, 0.15) is 69.1 Å². The van der Waals surface area contributed by atoms with Crippen LogP contribution in [0.3, 0.4) is 0 Å². The van der Waals surface area contributed by atoms with Crippen molar-refractivity contribution >= 4 is 5.69 Å². The van der Waals surface area contributed by atoms with Gasteiger partial charge in [0, 0.05) is 17.8 Å². The molecule has 2 rings (SSSR count). The Bertz CT molecular complexity index is 389. The smallest absolute Gasteiger partial charge is 0.0810 e. The van der Waals surface area contributed by atoms with Gasteiger partial charge in [-0.15, -0.1) is 0 Å². The third-order valence-electron chi connectivity index (χ3n) is 4.07. The molecule has 0 aromatic heterocycles. The van der Waals surface area contributed by atoms with Crippen LogP contribution in [0.4, 0.5) is 5.69 Å². The van der Waals surface area contributed by atoms with E-state index in [0.717, 1.165) is 31.4 Å². The average molecular weight is 261 g/mol. The van der Waals surface area contributed by atoms with Crippen LogP contribution >= 0.6 is 0 Å². The first-order valence-electron chi connectivity index (χ1n) is 7.86. The third kappa shape index (κ3) is 3.97. The maximum absolute atomic E-state index is 10.3. The van der Waals surface area contributed by atoms with Gasteiger partial charge in [-0.05, 0) is 18.4 Å². The van der Waals surface area contributed by atoms with Crippen molar-refractivity contribution in [1.82, 2.24) is 0 Å². The fourth-order valence-corrected chi connectivity index (χ4v) is 2.92. The average Bonchev–Trinajstić information content (AvgIpc) is 2.90. The van der Waals surface area contributed by atoms with Crippen molar-refractivity contribution in [3.63, 3.8) is 0 Å². The summed E-state index contributed by atoms with van der Waals surface area (Å²) in [5.41, 5.74) is 3.66. The van der Waals surface area contributed by atoms with Gasteiger partial charge in [0.25, 0.3) is 0 Å². The zero-order chi connectivity index (χ0) is 13.5. The molecule has 1 atom stereocenters. The van der Waals surface area contributed by atoms with Crippen molar-refractivity contribution in [1.29, 1.82) is 0 Å². The molecule has 0 saturated carbocycles. The van der Waals surface area contributed by atoms with Crippen LogP contribution in [0.2, 0.25) is 0 Å². The van der Waals surface area contributed by atoms with Gasteiger partial charge in [-0.1, -0.05) is 63.6 Å².